The zero-order valence-electron chi connectivity index (χ0n) is 17.9. The van der Waals surface area contributed by atoms with Gasteiger partial charge in [-0.15, -0.1) is 0 Å². The number of fused-ring (bicyclic) bond motifs is 1. The Kier molecular flexibility index (Phi) is 7.00. The molecular weight excluding hydrogens is 484 g/mol. The normalized spacial score (nSPS) is 10.6. The molecule has 0 aliphatic carbocycles. The maximum absolute atomic E-state index is 12.6. The molecule has 6 nitrogen and oxygen atoms in total. The molecule has 0 radical (unpaired) electrons. The van der Waals surface area contributed by atoms with E-state index in [1.54, 1.807) is 43.5 Å². The van der Waals surface area contributed by atoms with E-state index >= 15 is 0 Å². The topological polar surface area (TPSA) is 77.5 Å². The number of anilines is 1. The number of halogens is 1. The zero-order chi connectivity index (χ0) is 23.2. The first-order valence-electron chi connectivity index (χ1n) is 10.4. The molecular formula is C26H21BrN2O4. The SMILES string of the molecule is CCOC(=O)c1ccc(NC(=O)COc2cccnc2-c2cccc3ccccc23)c(Br)c1. The third-order valence-corrected chi connectivity index (χ3v) is 5.58. The summed E-state index contributed by atoms with van der Waals surface area (Å²) < 4.78 is 11.4. The average Bonchev–Trinajstić information content (AvgIpc) is 2.84. The third-order valence-electron chi connectivity index (χ3n) is 4.93. The van der Waals surface area contributed by atoms with E-state index in [1.807, 2.05) is 42.5 Å². The fourth-order valence-electron chi connectivity index (χ4n) is 3.43. The maximum Gasteiger partial charge on any atom is 0.338 e. The van der Waals surface area contributed by atoms with Crippen LogP contribution in [0.25, 0.3) is 22.0 Å². The molecule has 7 heteroatoms. The second-order valence-electron chi connectivity index (χ2n) is 7.13. The highest BCUT2D eigenvalue weighted by atomic mass is 79.9. The number of benzene rings is 3. The second-order valence-corrected chi connectivity index (χ2v) is 7.98. The van der Waals surface area contributed by atoms with Crippen molar-refractivity contribution in [3.8, 4) is 17.0 Å². The molecule has 0 bridgehead atoms. The van der Waals surface area contributed by atoms with Gasteiger partial charge < -0.3 is 14.8 Å². The molecule has 0 saturated heterocycles. The van der Waals surface area contributed by atoms with E-state index in [-0.39, 0.29) is 12.5 Å². The Morgan fingerprint density at radius 1 is 1.00 bits per heavy atom. The summed E-state index contributed by atoms with van der Waals surface area (Å²) >= 11 is 3.38. The first-order chi connectivity index (χ1) is 16.1. The van der Waals surface area contributed by atoms with Gasteiger partial charge in [-0.2, -0.15) is 0 Å². The minimum Gasteiger partial charge on any atom is -0.481 e. The lowest BCUT2D eigenvalue weighted by atomic mass is 10.0. The standard InChI is InChI=1S/C26H21BrN2O4/c1-2-32-26(31)18-12-13-22(21(27)15-18)29-24(30)16-33-23-11-6-14-28-25(23)20-10-5-8-17-7-3-4-9-19(17)20/h3-15H,2,16H2,1H3,(H,29,30). The van der Waals surface area contributed by atoms with Crippen molar-refractivity contribution < 1.29 is 19.1 Å². The molecule has 0 unspecified atom stereocenters. The first-order valence-corrected chi connectivity index (χ1v) is 11.2. The van der Waals surface area contributed by atoms with E-state index < -0.39 is 5.97 Å². The lowest BCUT2D eigenvalue weighted by molar-refractivity contribution is -0.118. The van der Waals surface area contributed by atoms with Crippen molar-refractivity contribution >= 4 is 44.3 Å². The summed E-state index contributed by atoms with van der Waals surface area (Å²) in [6.45, 7) is 1.84. The van der Waals surface area contributed by atoms with Crippen LogP contribution in [-0.2, 0) is 9.53 Å². The number of carbonyl (C=O) groups excluding carboxylic acids is 2. The van der Waals surface area contributed by atoms with Gasteiger partial charge in [0.05, 0.1) is 17.9 Å². The van der Waals surface area contributed by atoms with Crippen LogP contribution in [-0.4, -0.2) is 30.1 Å². The Balaban J connectivity index is 1.48. The van der Waals surface area contributed by atoms with Gasteiger partial charge >= 0.3 is 5.97 Å². The van der Waals surface area contributed by atoms with Crippen LogP contribution in [0.4, 0.5) is 5.69 Å². The number of ether oxygens (including phenoxy) is 2. The number of pyridine rings is 1. The number of carbonyl (C=O) groups is 2. The molecule has 1 N–H and O–H groups in total. The first kappa shape index (κ1) is 22.5. The molecule has 4 aromatic rings. The largest absolute Gasteiger partial charge is 0.481 e. The predicted molar refractivity (Wildman–Crippen MR) is 131 cm³/mol. The fraction of sp³-hybridized carbons (Fsp3) is 0.115. The summed E-state index contributed by atoms with van der Waals surface area (Å²) in [5.41, 5.74) is 2.52. The van der Waals surface area contributed by atoms with E-state index in [2.05, 4.69) is 26.2 Å². The molecule has 0 spiro atoms. The average molecular weight is 505 g/mol. The van der Waals surface area contributed by atoms with Crippen molar-refractivity contribution in [1.29, 1.82) is 0 Å². The second kappa shape index (κ2) is 10.3. The number of esters is 1. The van der Waals surface area contributed by atoms with Gasteiger partial charge in [-0.3, -0.25) is 9.78 Å². The molecule has 0 saturated carbocycles. The van der Waals surface area contributed by atoms with E-state index in [9.17, 15) is 9.59 Å². The quantitative estimate of drug-likeness (QED) is 0.319. The summed E-state index contributed by atoms with van der Waals surface area (Å²) in [5, 5.41) is 4.94. The summed E-state index contributed by atoms with van der Waals surface area (Å²) in [6, 6.07) is 22.5. The van der Waals surface area contributed by atoms with Crippen molar-refractivity contribution in [1.82, 2.24) is 4.98 Å². The third kappa shape index (κ3) is 5.21. The number of nitrogens with one attached hydrogen (secondary N) is 1. The molecule has 166 valence electrons. The van der Waals surface area contributed by atoms with Crippen LogP contribution in [0.15, 0.2) is 83.5 Å². The summed E-state index contributed by atoms with van der Waals surface area (Å²) in [5.74, 6) is -0.245. The number of aromatic nitrogens is 1. The van der Waals surface area contributed by atoms with E-state index in [4.69, 9.17) is 9.47 Å². The van der Waals surface area contributed by atoms with Crippen LogP contribution < -0.4 is 10.1 Å². The van der Waals surface area contributed by atoms with Gasteiger partial charge in [0.15, 0.2) is 6.61 Å². The maximum atomic E-state index is 12.6. The van der Waals surface area contributed by atoms with Gasteiger partial charge in [0.1, 0.15) is 11.4 Å². The number of hydrogen-bond acceptors (Lipinski definition) is 5. The van der Waals surface area contributed by atoms with Crippen LogP contribution in [0.5, 0.6) is 5.75 Å². The van der Waals surface area contributed by atoms with Gasteiger partial charge in [-0.05, 0) is 64.0 Å². The lowest BCUT2D eigenvalue weighted by Gasteiger charge is -2.13. The molecule has 1 aromatic heterocycles. The van der Waals surface area contributed by atoms with Crippen molar-refractivity contribution in [2.75, 3.05) is 18.5 Å². The van der Waals surface area contributed by atoms with Crippen LogP contribution in [0, 0.1) is 0 Å². The number of nitrogens with zero attached hydrogens (tertiary/aromatic N) is 1. The van der Waals surface area contributed by atoms with Crippen molar-refractivity contribution in [2.45, 2.75) is 6.92 Å². The molecule has 4 rings (SSSR count). The van der Waals surface area contributed by atoms with Gasteiger partial charge in [-0.1, -0.05) is 42.5 Å². The summed E-state index contributed by atoms with van der Waals surface area (Å²) in [6.07, 6.45) is 1.70. The molecule has 33 heavy (non-hydrogen) atoms. The van der Waals surface area contributed by atoms with Crippen LogP contribution in [0.1, 0.15) is 17.3 Å². The van der Waals surface area contributed by atoms with Crippen LogP contribution in [0.2, 0.25) is 0 Å². The minimum absolute atomic E-state index is 0.199. The van der Waals surface area contributed by atoms with E-state index in [0.29, 0.717) is 33.8 Å². The van der Waals surface area contributed by atoms with Gasteiger partial charge in [-0.25, -0.2) is 4.79 Å². The monoisotopic (exact) mass is 504 g/mol. The molecule has 1 heterocycles. The molecule has 0 fully saturated rings. The Labute approximate surface area is 199 Å². The van der Waals surface area contributed by atoms with Crippen molar-refractivity contribution in [3.05, 3.63) is 89.0 Å². The molecule has 1 amide bonds. The lowest BCUT2D eigenvalue weighted by Crippen LogP contribution is -2.20. The van der Waals surface area contributed by atoms with Crippen molar-refractivity contribution in [3.63, 3.8) is 0 Å². The zero-order valence-corrected chi connectivity index (χ0v) is 19.5. The Morgan fingerprint density at radius 3 is 2.64 bits per heavy atom. The highest BCUT2D eigenvalue weighted by molar-refractivity contribution is 9.10. The van der Waals surface area contributed by atoms with Crippen LogP contribution >= 0.6 is 15.9 Å². The summed E-state index contributed by atoms with van der Waals surface area (Å²) in [7, 11) is 0. The summed E-state index contributed by atoms with van der Waals surface area (Å²) in [4.78, 5) is 28.9. The minimum atomic E-state index is -0.419. The van der Waals surface area contributed by atoms with Crippen LogP contribution in [0.3, 0.4) is 0 Å². The van der Waals surface area contributed by atoms with Gasteiger partial charge in [0.2, 0.25) is 0 Å². The molecule has 0 atom stereocenters. The van der Waals surface area contributed by atoms with Crippen molar-refractivity contribution in [2.24, 2.45) is 0 Å². The van der Waals surface area contributed by atoms with Gasteiger partial charge in [0.25, 0.3) is 5.91 Å². The van der Waals surface area contributed by atoms with Gasteiger partial charge in [0, 0.05) is 16.2 Å². The van der Waals surface area contributed by atoms with E-state index in [1.165, 1.54) is 0 Å². The number of amides is 1. The highest BCUT2D eigenvalue weighted by Gasteiger charge is 2.14. The Bertz CT molecular complexity index is 1320. The molecule has 0 aliphatic rings. The number of rotatable bonds is 7. The molecule has 0 aliphatic heterocycles. The number of hydrogen-bond donors (Lipinski definition) is 1. The predicted octanol–water partition coefficient (Wildman–Crippen LogP) is 5.86. The Morgan fingerprint density at radius 2 is 1.82 bits per heavy atom. The fourth-order valence-corrected chi connectivity index (χ4v) is 3.91. The van der Waals surface area contributed by atoms with E-state index in [0.717, 1.165) is 16.3 Å². The Hall–Kier alpha value is -3.71. The highest BCUT2D eigenvalue weighted by Crippen LogP contribution is 2.33. The smallest absolute Gasteiger partial charge is 0.338 e. The molecule has 3 aromatic carbocycles.